The number of nitrogen functional groups attached to an aromatic ring is 1. The number of nitrogens with one attached hydrogen (secondary N) is 4. The maximum Gasteiger partial charge on any atom is 0.320 e. The number of hydrogen-bond donors (Lipinski definition) is 6. The van der Waals surface area contributed by atoms with Gasteiger partial charge in [-0.25, -0.2) is 4.79 Å². The van der Waals surface area contributed by atoms with Crippen molar-refractivity contribution in [1.82, 2.24) is 15.6 Å². The zero-order chi connectivity index (χ0) is 24.5. The fourth-order valence-corrected chi connectivity index (χ4v) is 3.24. The summed E-state index contributed by atoms with van der Waals surface area (Å²) >= 11 is 0. The van der Waals surface area contributed by atoms with E-state index in [9.17, 15) is 19.5 Å². The lowest BCUT2D eigenvalue weighted by molar-refractivity contribution is -0.137. The Hall–Kier alpha value is -4.73. The fourth-order valence-electron chi connectivity index (χ4n) is 3.24. The number of nitrogens with two attached hydrogens (primary N) is 1. The Balaban J connectivity index is 1.78. The van der Waals surface area contributed by atoms with Crippen molar-refractivity contribution in [3.8, 4) is 0 Å². The SMILES string of the molecule is N=C(N)c1ccc(NC(=O)N[C@H](C(=O)N[C@@H](CC(=O)O)c2cccnc2)c2ccccc2)cc1. The number of benzene rings is 2. The van der Waals surface area contributed by atoms with Crippen molar-refractivity contribution in [2.75, 3.05) is 5.32 Å². The van der Waals surface area contributed by atoms with Gasteiger partial charge in [-0.05, 0) is 41.5 Å². The van der Waals surface area contributed by atoms with Crippen LogP contribution in [0.5, 0.6) is 0 Å². The van der Waals surface area contributed by atoms with Crippen molar-refractivity contribution in [3.63, 3.8) is 0 Å². The number of aliphatic carboxylic acids is 1. The van der Waals surface area contributed by atoms with E-state index in [0.717, 1.165) is 0 Å². The van der Waals surface area contributed by atoms with E-state index in [2.05, 4.69) is 20.9 Å². The third kappa shape index (κ3) is 6.63. The van der Waals surface area contributed by atoms with Crippen LogP contribution in [0.25, 0.3) is 0 Å². The van der Waals surface area contributed by atoms with Gasteiger partial charge in [0.15, 0.2) is 0 Å². The Bertz CT molecular complexity index is 1150. The lowest BCUT2D eigenvalue weighted by Gasteiger charge is -2.23. The Morgan fingerprint density at radius 1 is 0.941 bits per heavy atom. The number of hydrogen-bond acceptors (Lipinski definition) is 5. The van der Waals surface area contributed by atoms with Crippen LogP contribution in [-0.2, 0) is 9.59 Å². The molecule has 0 bridgehead atoms. The topological polar surface area (TPSA) is 170 Å². The molecule has 174 valence electrons. The van der Waals surface area contributed by atoms with Gasteiger partial charge in [-0.1, -0.05) is 36.4 Å². The quantitative estimate of drug-likeness (QED) is 0.212. The molecule has 2 atom stereocenters. The highest BCUT2D eigenvalue weighted by Gasteiger charge is 2.27. The fraction of sp³-hybridized carbons (Fsp3) is 0.125. The highest BCUT2D eigenvalue weighted by molar-refractivity contribution is 5.97. The summed E-state index contributed by atoms with van der Waals surface area (Å²) in [6.07, 6.45) is 2.68. The van der Waals surface area contributed by atoms with Crippen molar-refractivity contribution in [2.24, 2.45) is 5.73 Å². The van der Waals surface area contributed by atoms with E-state index in [1.54, 1.807) is 72.9 Å². The first-order valence-electron chi connectivity index (χ1n) is 10.3. The minimum atomic E-state index is -1.09. The first-order valence-corrected chi connectivity index (χ1v) is 10.3. The Kier molecular flexibility index (Phi) is 7.90. The van der Waals surface area contributed by atoms with E-state index < -0.39 is 30.0 Å². The van der Waals surface area contributed by atoms with Gasteiger partial charge >= 0.3 is 12.0 Å². The molecule has 0 spiro atoms. The van der Waals surface area contributed by atoms with Crippen molar-refractivity contribution in [1.29, 1.82) is 5.41 Å². The summed E-state index contributed by atoms with van der Waals surface area (Å²) in [6, 6.07) is 15.7. The van der Waals surface area contributed by atoms with Gasteiger partial charge in [0.2, 0.25) is 5.91 Å². The molecule has 1 heterocycles. The van der Waals surface area contributed by atoms with Gasteiger partial charge in [0, 0.05) is 23.6 Å². The molecular formula is C24H24N6O4. The minimum absolute atomic E-state index is 0.0960. The first kappa shape index (κ1) is 23.9. The van der Waals surface area contributed by atoms with Gasteiger partial charge in [0.05, 0.1) is 12.5 Å². The van der Waals surface area contributed by atoms with Gasteiger partial charge in [0.1, 0.15) is 11.9 Å². The van der Waals surface area contributed by atoms with Crippen LogP contribution in [0.1, 0.15) is 35.2 Å². The van der Waals surface area contributed by atoms with Gasteiger partial charge < -0.3 is 26.8 Å². The van der Waals surface area contributed by atoms with Gasteiger partial charge in [0.25, 0.3) is 0 Å². The van der Waals surface area contributed by atoms with E-state index in [1.165, 1.54) is 6.20 Å². The smallest absolute Gasteiger partial charge is 0.320 e. The number of nitrogens with zero attached hydrogens (tertiary/aromatic N) is 1. The van der Waals surface area contributed by atoms with Crippen LogP contribution >= 0.6 is 0 Å². The molecule has 0 saturated heterocycles. The van der Waals surface area contributed by atoms with E-state index in [4.69, 9.17) is 11.1 Å². The number of pyridine rings is 1. The van der Waals surface area contributed by atoms with Crippen molar-refractivity contribution in [2.45, 2.75) is 18.5 Å². The number of carboxylic acid groups (broad SMARTS) is 1. The van der Waals surface area contributed by atoms with E-state index in [0.29, 0.717) is 22.4 Å². The highest BCUT2D eigenvalue weighted by atomic mass is 16.4. The molecule has 0 aliphatic carbocycles. The number of anilines is 1. The largest absolute Gasteiger partial charge is 0.481 e. The third-order valence-electron chi connectivity index (χ3n) is 4.91. The normalized spacial score (nSPS) is 12.1. The average molecular weight is 460 g/mol. The van der Waals surface area contributed by atoms with Crippen LogP contribution in [0.3, 0.4) is 0 Å². The highest BCUT2D eigenvalue weighted by Crippen LogP contribution is 2.20. The van der Waals surface area contributed by atoms with E-state index >= 15 is 0 Å². The van der Waals surface area contributed by atoms with Crippen LogP contribution in [0, 0.1) is 5.41 Å². The number of aromatic nitrogens is 1. The number of carbonyl (C=O) groups is 3. The zero-order valence-corrected chi connectivity index (χ0v) is 18.1. The molecule has 34 heavy (non-hydrogen) atoms. The second kappa shape index (κ2) is 11.2. The second-order valence-electron chi connectivity index (χ2n) is 7.38. The number of carboxylic acids is 1. The number of rotatable bonds is 9. The average Bonchev–Trinajstić information content (AvgIpc) is 2.83. The molecule has 2 aromatic carbocycles. The summed E-state index contributed by atoms with van der Waals surface area (Å²) in [5, 5.41) is 24.7. The van der Waals surface area contributed by atoms with E-state index in [1.807, 2.05) is 0 Å². The maximum absolute atomic E-state index is 13.2. The van der Waals surface area contributed by atoms with Crippen LogP contribution in [-0.4, -0.2) is 33.8 Å². The number of amidine groups is 1. The monoisotopic (exact) mass is 460 g/mol. The molecule has 3 aromatic rings. The maximum atomic E-state index is 13.2. The van der Waals surface area contributed by atoms with Crippen molar-refractivity contribution >= 4 is 29.4 Å². The molecule has 0 aliphatic heterocycles. The molecule has 3 rings (SSSR count). The predicted molar refractivity (Wildman–Crippen MR) is 126 cm³/mol. The molecule has 0 aliphatic rings. The first-order chi connectivity index (χ1) is 16.3. The summed E-state index contributed by atoms with van der Waals surface area (Å²) < 4.78 is 0. The Morgan fingerprint density at radius 2 is 1.62 bits per heavy atom. The number of amides is 3. The van der Waals surface area contributed by atoms with Crippen LogP contribution < -0.4 is 21.7 Å². The Morgan fingerprint density at radius 3 is 2.21 bits per heavy atom. The molecule has 3 amide bonds. The molecule has 7 N–H and O–H groups in total. The standard InChI is InChI=1S/C24H24N6O4/c25-22(26)16-8-10-18(11-9-16)28-24(34)30-21(15-5-2-1-3-6-15)23(33)29-19(13-20(31)32)17-7-4-12-27-14-17/h1-12,14,19,21H,13H2,(H3,25,26)(H,29,33)(H,31,32)(H2,28,30,34)/t19-,21-/m0/s1. The molecule has 10 heteroatoms. The summed E-state index contributed by atoms with van der Waals surface area (Å²) in [4.78, 5) is 41.3. The summed E-state index contributed by atoms with van der Waals surface area (Å²) in [7, 11) is 0. The van der Waals surface area contributed by atoms with Crippen LogP contribution in [0.2, 0.25) is 0 Å². The van der Waals surface area contributed by atoms with Crippen LogP contribution in [0.15, 0.2) is 79.1 Å². The molecule has 0 fully saturated rings. The van der Waals surface area contributed by atoms with Gasteiger partial charge in [-0.3, -0.25) is 20.0 Å². The summed E-state index contributed by atoms with van der Waals surface area (Å²) in [5.41, 5.74) is 7.43. The number of carbonyl (C=O) groups excluding carboxylic acids is 2. The molecular weight excluding hydrogens is 436 g/mol. The van der Waals surface area contributed by atoms with Crippen LogP contribution in [0.4, 0.5) is 10.5 Å². The molecule has 0 radical (unpaired) electrons. The molecule has 10 nitrogen and oxygen atoms in total. The number of urea groups is 1. The molecule has 1 aromatic heterocycles. The minimum Gasteiger partial charge on any atom is -0.481 e. The zero-order valence-electron chi connectivity index (χ0n) is 18.1. The lowest BCUT2D eigenvalue weighted by atomic mass is 10.0. The molecule has 0 saturated carbocycles. The van der Waals surface area contributed by atoms with E-state index in [-0.39, 0.29) is 12.3 Å². The van der Waals surface area contributed by atoms with Crippen molar-refractivity contribution in [3.05, 3.63) is 95.8 Å². The lowest BCUT2D eigenvalue weighted by Crippen LogP contribution is -2.43. The van der Waals surface area contributed by atoms with Gasteiger partial charge in [-0.15, -0.1) is 0 Å². The summed E-state index contributed by atoms with van der Waals surface area (Å²) in [5.74, 6) is -1.77. The second-order valence-corrected chi connectivity index (χ2v) is 7.38. The molecule has 0 unspecified atom stereocenters. The van der Waals surface area contributed by atoms with Crippen molar-refractivity contribution < 1.29 is 19.5 Å². The summed E-state index contributed by atoms with van der Waals surface area (Å²) in [6.45, 7) is 0. The third-order valence-corrected chi connectivity index (χ3v) is 4.91. The predicted octanol–water partition coefficient (Wildman–Crippen LogP) is 2.56. The Labute approximate surface area is 195 Å². The van der Waals surface area contributed by atoms with Gasteiger partial charge in [-0.2, -0.15) is 0 Å².